The van der Waals surface area contributed by atoms with Crippen LogP contribution in [0.3, 0.4) is 0 Å². The van der Waals surface area contributed by atoms with Crippen LogP contribution in [0.15, 0.2) is 53.9 Å². The van der Waals surface area contributed by atoms with Gasteiger partial charge in [-0.2, -0.15) is 13.2 Å². The summed E-state index contributed by atoms with van der Waals surface area (Å²) >= 11 is 1.38. The van der Waals surface area contributed by atoms with Crippen LogP contribution in [0, 0.1) is 0 Å². The summed E-state index contributed by atoms with van der Waals surface area (Å²) < 4.78 is 44.3. The molecule has 30 heavy (non-hydrogen) atoms. The summed E-state index contributed by atoms with van der Waals surface area (Å²) in [6, 6.07) is 12.2. The van der Waals surface area contributed by atoms with E-state index in [1.807, 2.05) is 11.0 Å². The molecule has 1 aliphatic heterocycles. The maximum atomic E-state index is 12.9. The maximum Gasteiger partial charge on any atom is 0.416 e. The van der Waals surface area contributed by atoms with Gasteiger partial charge >= 0.3 is 6.18 Å². The van der Waals surface area contributed by atoms with E-state index in [0.717, 1.165) is 43.6 Å². The minimum atomic E-state index is -4.38. The predicted octanol–water partition coefficient (Wildman–Crippen LogP) is 5.64. The number of hydrogen-bond donors (Lipinski definition) is 0. The number of carbonyl (C=O) groups is 1. The van der Waals surface area contributed by atoms with E-state index in [4.69, 9.17) is 4.74 Å². The lowest BCUT2D eigenvalue weighted by atomic mass is 10.1. The number of halogens is 3. The highest BCUT2D eigenvalue weighted by Gasteiger charge is 2.30. The van der Waals surface area contributed by atoms with Gasteiger partial charge in [0.1, 0.15) is 23.1 Å². The van der Waals surface area contributed by atoms with E-state index in [1.165, 1.54) is 17.4 Å². The SMILES string of the molecule is O=C(c1csc(-c2cccc(OCc3cccc(C(F)(F)F)c3)c2)n1)N1CCCC1. The highest BCUT2D eigenvalue weighted by molar-refractivity contribution is 7.13. The number of benzene rings is 2. The fourth-order valence-electron chi connectivity index (χ4n) is 3.31. The number of aromatic nitrogens is 1. The van der Waals surface area contributed by atoms with E-state index in [9.17, 15) is 18.0 Å². The van der Waals surface area contributed by atoms with Crippen molar-refractivity contribution in [2.45, 2.75) is 25.6 Å². The zero-order chi connectivity index (χ0) is 21.1. The summed E-state index contributed by atoms with van der Waals surface area (Å²) in [6.45, 7) is 1.55. The molecule has 1 aliphatic rings. The molecule has 1 aromatic heterocycles. The molecule has 0 unspecified atom stereocenters. The van der Waals surface area contributed by atoms with Gasteiger partial charge in [-0.1, -0.05) is 24.3 Å². The lowest BCUT2D eigenvalue weighted by molar-refractivity contribution is -0.137. The van der Waals surface area contributed by atoms with Crippen molar-refractivity contribution in [3.05, 3.63) is 70.7 Å². The first-order chi connectivity index (χ1) is 14.4. The van der Waals surface area contributed by atoms with Gasteiger partial charge in [-0.05, 0) is 42.7 Å². The van der Waals surface area contributed by atoms with Crippen molar-refractivity contribution in [1.29, 1.82) is 0 Å². The van der Waals surface area contributed by atoms with E-state index < -0.39 is 11.7 Å². The molecular weight excluding hydrogens is 413 g/mol. The van der Waals surface area contributed by atoms with Gasteiger partial charge in [0.25, 0.3) is 5.91 Å². The van der Waals surface area contributed by atoms with Crippen molar-refractivity contribution < 1.29 is 22.7 Å². The second-order valence-electron chi connectivity index (χ2n) is 7.05. The Hall–Kier alpha value is -2.87. The highest BCUT2D eigenvalue weighted by atomic mass is 32.1. The van der Waals surface area contributed by atoms with Crippen molar-refractivity contribution in [1.82, 2.24) is 9.88 Å². The van der Waals surface area contributed by atoms with Gasteiger partial charge in [-0.3, -0.25) is 4.79 Å². The molecule has 0 saturated carbocycles. The van der Waals surface area contributed by atoms with Crippen LogP contribution in [0.1, 0.15) is 34.5 Å². The van der Waals surface area contributed by atoms with Crippen molar-refractivity contribution in [2.24, 2.45) is 0 Å². The predicted molar refractivity (Wildman–Crippen MR) is 108 cm³/mol. The van der Waals surface area contributed by atoms with Crippen LogP contribution in [0.5, 0.6) is 5.75 Å². The fourth-order valence-corrected chi connectivity index (χ4v) is 4.10. The molecule has 0 radical (unpaired) electrons. The van der Waals surface area contributed by atoms with Crippen LogP contribution in [0.4, 0.5) is 13.2 Å². The third-order valence-corrected chi connectivity index (χ3v) is 5.75. The average molecular weight is 432 g/mol. The highest BCUT2D eigenvalue weighted by Crippen LogP contribution is 2.31. The van der Waals surface area contributed by atoms with E-state index in [1.54, 1.807) is 29.6 Å². The van der Waals surface area contributed by atoms with E-state index in [-0.39, 0.29) is 12.5 Å². The second kappa shape index (κ2) is 8.47. The molecule has 156 valence electrons. The number of thiazole rings is 1. The third-order valence-electron chi connectivity index (χ3n) is 4.86. The molecule has 4 nitrogen and oxygen atoms in total. The van der Waals surface area contributed by atoms with Crippen molar-refractivity contribution in [3.8, 4) is 16.3 Å². The first-order valence-corrected chi connectivity index (χ1v) is 10.4. The Morgan fingerprint density at radius 2 is 1.87 bits per heavy atom. The van der Waals surface area contributed by atoms with Crippen molar-refractivity contribution in [2.75, 3.05) is 13.1 Å². The smallest absolute Gasteiger partial charge is 0.416 e. The molecule has 0 bridgehead atoms. The zero-order valence-corrected chi connectivity index (χ0v) is 16.8. The summed E-state index contributed by atoms with van der Waals surface area (Å²) in [5.74, 6) is 0.472. The van der Waals surface area contributed by atoms with Crippen LogP contribution in [0.25, 0.3) is 10.6 Å². The summed E-state index contributed by atoms with van der Waals surface area (Å²) in [6.07, 6.45) is -2.34. The lowest BCUT2D eigenvalue weighted by Gasteiger charge is -2.12. The molecule has 2 heterocycles. The van der Waals surface area contributed by atoms with Crippen molar-refractivity contribution in [3.63, 3.8) is 0 Å². The Balaban J connectivity index is 1.45. The molecule has 1 fully saturated rings. The quantitative estimate of drug-likeness (QED) is 0.524. The normalized spacial score (nSPS) is 14.2. The maximum absolute atomic E-state index is 12.9. The number of amides is 1. The Morgan fingerprint density at radius 1 is 1.10 bits per heavy atom. The molecule has 0 spiro atoms. The summed E-state index contributed by atoms with van der Waals surface area (Å²) in [7, 11) is 0. The van der Waals surface area contributed by atoms with Gasteiger partial charge < -0.3 is 9.64 Å². The van der Waals surface area contributed by atoms with Crippen LogP contribution in [-0.4, -0.2) is 28.9 Å². The van der Waals surface area contributed by atoms with Gasteiger partial charge in [0.15, 0.2) is 0 Å². The first-order valence-electron chi connectivity index (χ1n) is 9.54. The number of likely N-dealkylation sites (tertiary alicyclic amines) is 1. The molecule has 4 rings (SSSR count). The fraction of sp³-hybridized carbons (Fsp3) is 0.273. The van der Waals surface area contributed by atoms with Gasteiger partial charge in [0, 0.05) is 24.0 Å². The topological polar surface area (TPSA) is 42.4 Å². The number of hydrogen-bond acceptors (Lipinski definition) is 4. The van der Waals surface area contributed by atoms with Crippen LogP contribution in [-0.2, 0) is 12.8 Å². The minimum Gasteiger partial charge on any atom is -0.489 e. The number of rotatable bonds is 5. The van der Waals surface area contributed by atoms with Crippen molar-refractivity contribution >= 4 is 17.2 Å². The zero-order valence-electron chi connectivity index (χ0n) is 16.0. The average Bonchev–Trinajstić information content (AvgIpc) is 3.44. The largest absolute Gasteiger partial charge is 0.489 e. The number of ether oxygens (including phenoxy) is 1. The van der Waals surface area contributed by atoms with Gasteiger partial charge in [0.05, 0.1) is 5.56 Å². The standard InChI is InChI=1S/C22H19F3N2O2S/c23-22(24,25)17-7-3-5-15(11-17)13-29-18-8-4-6-16(12-18)20-26-19(14-30-20)21(28)27-9-1-2-10-27/h3-8,11-12,14H,1-2,9-10,13H2. The lowest BCUT2D eigenvalue weighted by Crippen LogP contribution is -2.27. The molecule has 1 amide bonds. The van der Waals surface area contributed by atoms with E-state index in [2.05, 4.69) is 4.98 Å². The third kappa shape index (κ3) is 4.64. The van der Waals surface area contributed by atoms with E-state index >= 15 is 0 Å². The summed E-state index contributed by atoms with van der Waals surface area (Å²) in [4.78, 5) is 18.8. The van der Waals surface area contributed by atoms with Crippen LogP contribution in [0.2, 0.25) is 0 Å². The molecule has 3 aromatic rings. The van der Waals surface area contributed by atoms with Gasteiger partial charge in [-0.15, -0.1) is 11.3 Å². The summed E-state index contributed by atoms with van der Waals surface area (Å²) in [5.41, 5.74) is 0.965. The number of nitrogens with zero attached hydrogens (tertiary/aromatic N) is 2. The van der Waals surface area contributed by atoms with Gasteiger partial charge in [-0.25, -0.2) is 4.98 Å². The minimum absolute atomic E-state index is 0.0178. The molecule has 0 aliphatic carbocycles. The second-order valence-corrected chi connectivity index (χ2v) is 7.91. The molecule has 0 N–H and O–H groups in total. The molecular formula is C22H19F3N2O2S. The molecule has 0 atom stereocenters. The van der Waals surface area contributed by atoms with Crippen LogP contribution < -0.4 is 4.74 Å². The Labute approximate surface area is 175 Å². The molecule has 2 aromatic carbocycles. The Morgan fingerprint density at radius 3 is 2.63 bits per heavy atom. The number of alkyl halides is 3. The van der Waals surface area contributed by atoms with E-state index in [0.29, 0.717) is 22.0 Å². The van der Waals surface area contributed by atoms with Crippen LogP contribution >= 0.6 is 11.3 Å². The van der Waals surface area contributed by atoms with Gasteiger partial charge in [0.2, 0.25) is 0 Å². The monoisotopic (exact) mass is 432 g/mol. The Kier molecular flexibility index (Phi) is 5.76. The first kappa shape index (κ1) is 20.4. The summed E-state index contributed by atoms with van der Waals surface area (Å²) in [5, 5.41) is 2.45. The molecule has 8 heteroatoms. The molecule has 1 saturated heterocycles. The Bertz CT molecular complexity index is 1040. The number of carbonyl (C=O) groups excluding carboxylic acids is 1.